The van der Waals surface area contributed by atoms with E-state index < -0.39 is 5.41 Å². The number of likely N-dealkylation sites (N-methyl/N-ethyl adjacent to an activating group) is 1. The fourth-order valence-electron chi connectivity index (χ4n) is 4.67. The van der Waals surface area contributed by atoms with Crippen LogP contribution in [-0.4, -0.2) is 24.0 Å². The highest BCUT2D eigenvalue weighted by molar-refractivity contribution is 5.35. The second-order valence-corrected chi connectivity index (χ2v) is 8.47. The van der Waals surface area contributed by atoms with Crippen LogP contribution in [-0.2, 0) is 11.8 Å². The minimum absolute atomic E-state index is 0.236. The first-order chi connectivity index (χ1) is 14.1. The summed E-state index contributed by atoms with van der Waals surface area (Å²) in [6.45, 7) is 6.53. The van der Waals surface area contributed by atoms with E-state index in [9.17, 15) is 9.65 Å². The van der Waals surface area contributed by atoms with Gasteiger partial charge in [-0.1, -0.05) is 55.8 Å². The minimum atomic E-state index is -0.487. The highest BCUT2D eigenvalue weighted by Crippen LogP contribution is 2.47. The monoisotopic (exact) mass is 392 g/mol. The SMILES string of the molecule is CCN(CCc1ccccc1)C(C)CCC(C#N)(c1ccc(F)cc1)C1CCC1. The summed E-state index contributed by atoms with van der Waals surface area (Å²) in [7, 11) is 0. The molecule has 0 bridgehead atoms. The first-order valence-corrected chi connectivity index (χ1v) is 11.0. The van der Waals surface area contributed by atoms with Crippen LogP contribution in [0.4, 0.5) is 4.39 Å². The molecule has 0 radical (unpaired) electrons. The summed E-state index contributed by atoms with van der Waals surface area (Å²) in [4.78, 5) is 2.51. The van der Waals surface area contributed by atoms with Crippen molar-refractivity contribution in [2.45, 2.75) is 63.8 Å². The van der Waals surface area contributed by atoms with Crippen molar-refractivity contribution in [1.29, 1.82) is 5.26 Å². The normalized spacial score (nSPS) is 17.3. The fourth-order valence-corrected chi connectivity index (χ4v) is 4.67. The topological polar surface area (TPSA) is 27.0 Å². The highest BCUT2D eigenvalue weighted by Gasteiger charge is 2.43. The summed E-state index contributed by atoms with van der Waals surface area (Å²) in [5.74, 6) is 0.158. The summed E-state index contributed by atoms with van der Waals surface area (Å²) in [6.07, 6.45) is 6.26. The molecule has 0 aromatic heterocycles. The maximum absolute atomic E-state index is 13.5. The van der Waals surface area contributed by atoms with Crippen molar-refractivity contribution in [3.8, 4) is 6.07 Å². The smallest absolute Gasteiger partial charge is 0.123 e. The average Bonchev–Trinajstić information content (AvgIpc) is 2.71. The molecule has 1 aliphatic carbocycles. The van der Waals surface area contributed by atoms with E-state index in [0.29, 0.717) is 12.0 Å². The van der Waals surface area contributed by atoms with E-state index in [0.717, 1.165) is 50.8 Å². The van der Waals surface area contributed by atoms with Crippen LogP contribution in [0.3, 0.4) is 0 Å². The molecule has 0 saturated heterocycles. The van der Waals surface area contributed by atoms with Gasteiger partial charge in [0.1, 0.15) is 5.82 Å². The van der Waals surface area contributed by atoms with Crippen LogP contribution < -0.4 is 0 Å². The van der Waals surface area contributed by atoms with Gasteiger partial charge in [-0.05, 0) is 74.8 Å². The Morgan fingerprint density at radius 3 is 2.38 bits per heavy atom. The maximum Gasteiger partial charge on any atom is 0.123 e. The Balaban J connectivity index is 1.67. The van der Waals surface area contributed by atoms with Gasteiger partial charge in [-0.25, -0.2) is 4.39 Å². The lowest BCUT2D eigenvalue weighted by molar-refractivity contribution is 0.162. The van der Waals surface area contributed by atoms with Crippen LogP contribution in [0.25, 0.3) is 0 Å². The van der Waals surface area contributed by atoms with Crippen molar-refractivity contribution in [3.05, 3.63) is 71.5 Å². The number of halogens is 1. The molecule has 1 aliphatic rings. The van der Waals surface area contributed by atoms with E-state index >= 15 is 0 Å². The van der Waals surface area contributed by atoms with Crippen molar-refractivity contribution in [2.24, 2.45) is 5.92 Å². The van der Waals surface area contributed by atoms with Gasteiger partial charge >= 0.3 is 0 Å². The molecule has 2 nitrogen and oxygen atoms in total. The van der Waals surface area contributed by atoms with Crippen LogP contribution >= 0.6 is 0 Å². The zero-order valence-corrected chi connectivity index (χ0v) is 17.8. The van der Waals surface area contributed by atoms with Crippen molar-refractivity contribution >= 4 is 0 Å². The molecule has 3 heteroatoms. The van der Waals surface area contributed by atoms with Gasteiger partial charge in [0.2, 0.25) is 0 Å². The molecule has 0 heterocycles. The molecule has 0 spiro atoms. The van der Waals surface area contributed by atoms with E-state index in [1.54, 1.807) is 0 Å². The van der Waals surface area contributed by atoms with Crippen LogP contribution in [0, 0.1) is 23.1 Å². The molecule has 1 saturated carbocycles. The van der Waals surface area contributed by atoms with E-state index in [-0.39, 0.29) is 5.82 Å². The number of benzene rings is 2. The van der Waals surface area contributed by atoms with Crippen LogP contribution in [0.2, 0.25) is 0 Å². The van der Waals surface area contributed by atoms with Crippen molar-refractivity contribution in [1.82, 2.24) is 4.90 Å². The van der Waals surface area contributed by atoms with E-state index in [1.807, 2.05) is 12.1 Å². The van der Waals surface area contributed by atoms with Crippen LogP contribution in [0.15, 0.2) is 54.6 Å². The second-order valence-electron chi connectivity index (χ2n) is 8.47. The summed E-state index contributed by atoms with van der Waals surface area (Å²) in [5, 5.41) is 10.2. The van der Waals surface area contributed by atoms with Crippen molar-refractivity contribution in [2.75, 3.05) is 13.1 Å². The van der Waals surface area contributed by atoms with Gasteiger partial charge in [0.05, 0.1) is 11.5 Å². The molecule has 0 amide bonds. The van der Waals surface area contributed by atoms with Gasteiger partial charge in [-0.3, -0.25) is 0 Å². The Morgan fingerprint density at radius 2 is 1.83 bits per heavy atom. The Morgan fingerprint density at radius 1 is 1.14 bits per heavy atom. The third kappa shape index (κ3) is 5.06. The number of nitriles is 1. The molecule has 3 rings (SSSR count). The van der Waals surface area contributed by atoms with Crippen molar-refractivity contribution in [3.63, 3.8) is 0 Å². The van der Waals surface area contributed by atoms with Crippen LogP contribution in [0.1, 0.15) is 57.1 Å². The number of rotatable bonds is 10. The fraction of sp³-hybridized carbons (Fsp3) is 0.500. The first kappa shape index (κ1) is 21.5. The predicted octanol–water partition coefficient (Wildman–Crippen LogP) is 6.12. The molecule has 1 fully saturated rings. The molecule has 2 aromatic rings. The minimum Gasteiger partial charge on any atom is -0.301 e. The summed E-state index contributed by atoms with van der Waals surface area (Å²) >= 11 is 0. The average molecular weight is 393 g/mol. The third-order valence-electron chi connectivity index (χ3n) is 6.88. The van der Waals surface area contributed by atoms with Gasteiger partial charge in [-0.15, -0.1) is 0 Å². The van der Waals surface area contributed by atoms with Gasteiger partial charge in [-0.2, -0.15) is 5.26 Å². The zero-order valence-electron chi connectivity index (χ0n) is 17.8. The zero-order chi connectivity index (χ0) is 20.7. The van der Waals surface area contributed by atoms with Crippen LogP contribution in [0.5, 0.6) is 0 Å². The van der Waals surface area contributed by atoms with E-state index in [4.69, 9.17) is 0 Å². The Labute approximate surface area is 175 Å². The summed E-state index contributed by atoms with van der Waals surface area (Å²) in [6, 6.07) is 20.4. The molecular formula is C26H33FN2. The molecule has 29 heavy (non-hydrogen) atoms. The maximum atomic E-state index is 13.5. The van der Waals surface area contributed by atoms with Gasteiger partial charge < -0.3 is 4.90 Å². The summed E-state index contributed by atoms with van der Waals surface area (Å²) in [5.41, 5.74) is 1.87. The van der Waals surface area contributed by atoms with Gasteiger partial charge in [0, 0.05) is 12.6 Å². The second kappa shape index (κ2) is 10.0. The molecular weight excluding hydrogens is 359 g/mol. The van der Waals surface area contributed by atoms with Gasteiger partial charge in [0.15, 0.2) is 0 Å². The first-order valence-electron chi connectivity index (χ1n) is 11.0. The molecule has 2 unspecified atom stereocenters. The Hall–Kier alpha value is -2.18. The highest BCUT2D eigenvalue weighted by atomic mass is 19.1. The van der Waals surface area contributed by atoms with Crippen molar-refractivity contribution < 1.29 is 4.39 Å². The van der Waals surface area contributed by atoms with Gasteiger partial charge in [0.25, 0.3) is 0 Å². The largest absolute Gasteiger partial charge is 0.301 e. The molecule has 0 aliphatic heterocycles. The van der Waals surface area contributed by atoms with E-state index in [2.05, 4.69) is 55.1 Å². The third-order valence-corrected chi connectivity index (χ3v) is 6.88. The summed E-state index contributed by atoms with van der Waals surface area (Å²) < 4.78 is 13.5. The lowest BCUT2D eigenvalue weighted by atomic mass is 9.60. The lowest BCUT2D eigenvalue weighted by Crippen LogP contribution is -2.41. The van der Waals surface area contributed by atoms with E-state index in [1.165, 1.54) is 24.1 Å². The number of hydrogen-bond acceptors (Lipinski definition) is 2. The standard InChI is InChI=1S/C26H33FN2/c1-3-29(19-17-22-8-5-4-6-9-22)21(2)16-18-26(20-28,23-10-7-11-23)24-12-14-25(27)15-13-24/h4-6,8-9,12-15,21,23H,3,7,10-11,16-19H2,1-2H3. The quantitative estimate of drug-likeness (QED) is 0.487. The molecule has 154 valence electrons. The molecule has 0 N–H and O–H groups in total. The Bertz CT molecular complexity index is 792. The molecule has 2 atom stereocenters. The molecule has 2 aromatic carbocycles. The predicted molar refractivity (Wildman–Crippen MR) is 117 cm³/mol. The number of hydrogen-bond donors (Lipinski definition) is 0. The Kier molecular flexibility index (Phi) is 7.45. The lowest BCUT2D eigenvalue weighted by Gasteiger charge is -2.42. The number of nitrogens with zero attached hydrogens (tertiary/aromatic N) is 2.